The molecule has 3 aromatic rings. The summed E-state index contributed by atoms with van der Waals surface area (Å²) in [5, 5.41) is 19.8. The Labute approximate surface area is 297 Å². The molecule has 1 aliphatic carbocycles. The highest BCUT2D eigenvalue weighted by Gasteiger charge is 2.61. The van der Waals surface area contributed by atoms with Gasteiger partial charge in [0.15, 0.2) is 0 Å². The number of nitrogens with one attached hydrogen (secondary N) is 3. The molecule has 4 heterocycles. The van der Waals surface area contributed by atoms with Crippen LogP contribution in [0, 0.1) is 11.8 Å². The maximum absolute atomic E-state index is 14.6. The number of piperidine rings is 1. The van der Waals surface area contributed by atoms with Crippen molar-refractivity contribution in [1.29, 1.82) is 0 Å². The molecule has 12 nitrogen and oxygen atoms in total. The van der Waals surface area contributed by atoms with Crippen LogP contribution < -0.4 is 20.7 Å². The van der Waals surface area contributed by atoms with E-state index in [-0.39, 0.29) is 31.9 Å². The number of benzene rings is 2. The number of aryl methyl sites for hydroxylation is 1. The summed E-state index contributed by atoms with van der Waals surface area (Å²) in [6, 6.07) is 15.9. The normalized spacial score (nSPS) is 27.4. The standard InChI is InChI=1S/C39H45N5O7/c1-2-27-22-39(27,37(47)48)43-35(45)32-20-28-23-44(32)36(46)34(26-14-16-40-17-15-26)42-38(49)50-18-8-4-5-9-24-12-13-30-29(19-24)33(51-28)21-31(41-30)25-10-6-3-7-11-25/h2-3,6-7,10-13,19,21,26-28,32,34,40H,1,4-5,8-9,14-18,20,22-23H2,(H,42,49)(H,43,45)(H,47,48)/t27-,28-,32+,34?,39-/m1/s1. The van der Waals surface area contributed by atoms with Crippen molar-refractivity contribution in [3.63, 3.8) is 0 Å². The maximum atomic E-state index is 14.6. The van der Waals surface area contributed by atoms with Gasteiger partial charge in [0.1, 0.15) is 29.5 Å². The number of alkyl carbamates (subject to hydrolysis) is 1. The van der Waals surface area contributed by atoms with Crippen LogP contribution in [0.5, 0.6) is 5.75 Å². The Balaban J connectivity index is 1.27. The molecule has 2 aromatic carbocycles. The van der Waals surface area contributed by atoms with Crippen LogP contribution in [-0.2, 0) is 25.5 Å². The molecule has 3 aliphatic heterocycles. The third-order valence-corrected chi connectivity index (χ3v) is 10.8. The van der Waals surface area contributed by atoms with E-state index in [4.69, 9.17) is 14.5 Å². The van der Waals surface area contributed by atoms with Crippen LogP contribution in [0.25, 0.3) is 22.2 Å². The number of hydrogen-bond donors (Lipinski definition) is 4. The van der Waals surface area contributed by atoms with Crippen LogP contribution in [0.3, 0.4) is 0 Å². The summed E-state index contributed by atoms with van der Waals surface area (Å²) in [6.07, 6.45) is 5.15. The second kappa shape index (κ2) is 14.7. The summed E-state index contributed by atoms with van der Waals surface area (Å²) in [7, 11) is 0. The predicted octanol–water partition coefficient (Wildman–Crippen LogP) is 4.22. The van der Waals surface area contributed by atoms with E-state index in [1.54, 1.807) is 0 Å². The summed E-state index contributed by atoms with van der Waals surface area (Å²) >= 11 is 0. The minimum absolute atomic E-state index is 0.0598. The van der Waals surface area contributed by atoms with E-state index in [1.165, 1.54) is 11.0 Å². The highest BCUT2D eigenvalue weighted by molar-refractivity contribution is 5.96. The van der Waals surface area contributed by atoms with Crippen LogP contribution in [0.15, 0.2) is 67.3 Å². The summed E-state index contributed by atoms with van der Waals surface area (Å²) < 4.78 is 12.3. The number of aliphatic carboxylic acids is 1. The van der Waals surface area contributed by atoms with Gasteiger partial charge in [0.25, 0.3) is 0 Å². The van der Waals surface area contributed by atoms with E-state index >= 15 is 0 Å². The highest BCUT2D eigenvalue weighted by atomic mass is 16.5. The number of aromatic nitrogens is 1. The van der Waals surface area contributed by atoms with Crippen molar-refractivity contribution in [2.45, 2.75) is 75.1 Å². The van der Waals surface area contributed by atoms with Crippen molar-refractivity contribution in [3.8, 4) is 17.0 Å². The molecule has 7 rings (SSSR count). The van der Waals surface area contributed by atoms with Gasteiger partial charge in [-0.3, -0.25) is 9.59 Å². The molecule has 4 N–H and O–H groups in total. The fourth-order valence-electron chi connectivity index (χ4n) is 7.80. The van der Waals surface area contributed by atoms with Crippen molar-refractivity contribution < 1.29 is 33.8 Å². The molecule has 4 aliphatic rings. The molecular weight excluding hydrogens is 650 g/mol. The van der Waals surface area contributed by atoms with E-state index in [2.05, 4.69) is 34.7 Å². The van der Waals surface area contributed by atoms with Crippen molar-refractivity contribution in [2.75, 3.05) is 26.2 Å². The lowest BCUT2D eigenvalue weighted by atomic mass is 9.89. The van der Waals surface area contributed by atoms with Crippen LogP contribution in [0.4, 0.5) is 4.79 Å². The average molecular weight is 696 g/mol. The van der Waals surface area contributed by atoms with Crippen LogP contribution in [0.1, 0.15) is 50.5 Å². The second-order valence-electron chi connectivity index (χ2n) is 14.2. The number of pyridine rings is 1. The summed E-state index contributed by atoms with van der Waals surface area (Å²) in [5.41, 5.74) is 2.06. The van der Waals surface area contributed by atoms with Gasteiger partial charge in [0.05, 0.1) is 24.4 Å². The maximum Gasteiger partial charge on any atom is 0.407 e. The summed E-state index contributed by atoms with van der Waals surface area (Å²) in [6.45, 7) is 5.39. The minimum atomic E-state index is -1.47. The molecule has 268 valence electrons. The number of carbonyl (C=O) groups excluding carboxylic acids is 3. The molecule has 3 amide bonds. The molecule has 2 saturated heterocycles. The van der Waals surface area contributed by atoms with Gasteiger partial charge < -0.3 is 35.4 Å². The Morgan fingerprint density at radius 1 is 1.06 bits per heavy atom. The topological polar surface area (TPSA) is 159 Å². The van der Waals surface area contributed by atoms with Gasteiger partial charge in [-0.05, 0) is 81.6 Å². The van der Waals surface area contributed by atoms with Gasteiger partial charge in [0.2, 0.25) is 11.8 Å². The largest absolute Gasteiger partial charge is 0.488 e. The Morgan fingerprint density at radius 3 is 2.61 bits per heavy atom. The van der Waals surface area contributed by atoms with E-state index in [1.807, 2.05) is 42.5 Å². The van der Waals surface area contributed by atoms with Crippen molar-refractivity contribution in [2.24, 2.45) is 11.8 Å². The molecule has 51 heavy (non-hydrogen) atoms. The van der Waals surface area contributed by atoms with Gasteiger partial charge in [0, 0.05) is 29.4 Å². The van der Waals surface area contributed by atoms with E-state index in [0.717, 1.165) is 47.0 Å². The lowest BCUT2D eigenvalue weighted by Crippen LogP contribution is -2.58. The summed E-state index contributed by atoms with van der Waals surface area (Å²) in [4.78, 5) is 60.6. The zero-order chi connectivity index (χ0) is 35.5. The average Bonchev–Trinajstić information content (AvgIpc) is 3.71. The van der Waals surface area contributed by atoms with Crippen LogP contribution in [0.2, 0.25) is 0 Å². The van der Waals surface area contributed by atoms with E-state index in [9.17, 15) is 24.3 Å². The number of hydrogen-bond acceptors (Lipinski definition) is 8. The monoisotopic (exact) mass is 695 g/mol. The number of carboxylic acid groups (broad SMARTS) is 1. The molecule has 1 saturated carbocycles. The first-order valence-corrected chi connectivity index (χ1v) is 18.0. The van der Waals surface area contributed by atoms with Gasteiger partial charge >= 0.3 is 12.1 Å². The fraction of sp³-hybridized carbons (Fsp3) is 0.462. The fourth-order valence-corrected chi connectivity index (χ4v) is 7.80. The molecule has 5 atom stereocenters. The SMILES string of the molecule is C=C[C@@H]1C[C@]1(NC(=O)[C@@H]1C[C@@H]2CN1C(=O)C(C1CCNCC1)NC(=O)OCCCCCc1ccc3nc(-c4ccccc4)cc(c3c1)O2)C(=O)O. The van der Waals surface area contributed by atoms with Gasteiger partial charge in [-0.1, -0.05) is 42.5 Å². The van der Waals surface area contributed by atoms with Crippen LogP contribution >= 0.6 is 0 Å². The third-order valence-electron chi connectivity index (χ3n) is 10.8. The zero-order valence-electron chi connectivity index (χ0n) is 28.6. The Hall–Kier alpha value is -4.97. The number of carbonyl (C=O) groups is 4. The van der Waals surface area contributed by atoms with E-state index in [0.29, 0.717) is 38.1 Å². The molecule has 0 radical (unpaired) electrons. The minimum Gasteiger partial charge on any atom is -0.488 e. The van der Waals surface area contributed by atoms with Gasteiger partial charge in [-0.15, -0.1) is 6.58 Å². The predicted molar refractivity (Wildman–Crippen MR) is 190 cm³/mol. The third kappa shape index (κ3) is 7.28. The Morgan fingerprint density at radius 2 is 1.86 bits per heavy atom. The number of cyclic esters (lactones) is 1. The molecule has 1 unspecified atom stereocenters. The summed E-state index contributed by atoms with van der Waals surface area (Å²) in [5.74, 6) is -2.16. The number of ether oxygens (including phenoxy) is 2. The highest BCUT2D eigenvalue weighted by Crippen LogP contribution is 2.45. The Bertz CT molecular complexity index is 1810. The molecular formula is C39H45N5O7. The zero-order valence-corrected chi connectivity index (χ0v) is 28.6. The Kier molecular flexibility index (Phi) is 9.95. The second-order valence-corrected chi connectivity index (χ2v) is 14.2. The van der Waals surface area contributed by atoms with Crippen molar-refractivity contribution in [1.82, 2.24) is 25.8 Å². The lowest BCUT2D eigenvalue weighted by molar-refractivity contribution is -0.146. The number of amides is 3. The quantitative estimate of drug-likeness (QED) is 0.277. The van der Waals surface area contributed by atoms with Crippen LogP contribution in [-0.4, -0.2) is 88.8 Å². The molecule has 3 fully saturated rings. The van der Waals surface area contributed by atoms with Gasteiger partial charge in [-0.2, -0.15) is 0 Å². The van der Waals surface area contributed by atoms with Gasteiger partial charge in [-0.25, -0.2) is 14.6 Å². The molecule has 1 aromatic heterocycles. The van der Waals surface area contributed by atoms with Crippen molar-refractivity contribution >= 4 is 34.8 Å². The molecule has 12 heteroatoms. The lowest BCUT2D eigenvalue weighted by Gasteiger charge is -2.34. The number of nitrogens with zero attached hydrogens (tertiary/aromatic N) is 2. The first-order chi connectivity index (χ1) is 24.8. The number of carboxylic acids is 1. The number of fused-ring (bicyclic) bond motifs is 3. The molecule has 4 bridgehead atoms. The smallest absolute Gasteiger partial charge is 0.407 e. The first-order valence-electron chi connectivity index (χ1n) is 18.0. The van der Waals surface area contributed by atoms with Crippen molar-refractivity contribution in [3.05, 3.63) is 72.8 Å². The van der Waals surface area contributed by atoms with E-state index < -0.39 is 53.5 Å². The number of rotatable bonds is 6. The first kappa shape index (κ1) is 34.5. The molecule has 0 spiro atoms.